The van der Waals surface area contributed by atoms with E-state index in [0.717, 1.165) is 12.1 Å². The number of nitrogens with zero attached hydrogens (tertiary/aromatic N) is 2. The van der Waals surface area contributed by atoms with E-state index in [0.29, 0.717) is 0 Å². The minimum Gasteiger partial charge on any atom is -0.398 e. The summed E-state index contributed by atoms with van der Waals surface area (Å²) in [7, 11) is 0. The number of hydrogen-bond donors (Lipinski definition) is 4. The standard InChI is InChI=1S/C26H10F12N6/c27-11-4(2-40)12(28)16(32)9(15(11)31)23(41)7-5(3(1-39)6-13(29)19(35)25(43)20(36)14(6)30)8(7)24(42)10-17(33)21(37)26(44)22(38)18(10)34/h7,23H,41-44H2/b5-3-,24-8+. The van der Waals surface area contributed by atoms with Crippen molar-refractivity contribution in [1.29, 1.82) is 10.5 Å². The molecule has 44 heavy (non-hydrogen) atoms. The molecule has 1 saturated carbocycles. The molecule has 1 fully saturated rings. The van der Waals surface area contributed by atoms with Gasteiger partial charge in [0.1, 0.15) is 29.1 Å². The Morgan fingerprint density at radius 2 is 0.955 bits per heavy atom. The van der Waals surface area contributed by atoms with Crippen molar-refractivity contribution in [3.63, 3.8) is 0 Å². The number of allylic oxidation sites excluding steroid dienone is 1. The van der Waals surface area contributed by atoms with E-state index in [1.807, 2.05) is 0 Å². The highest BCUT2D eigenvalue weighted by Crippen LogP contribution is 2.58. The summed E-state index contributed by atoms with van der Waals surface area (Å²) in [5.74, 6) is -29.7. The summed E-state index contributed by atoms with van der Waals surface area (Å²) >= 11 is 0. The molecule has 0 saturated heterocycles. The van der Waals surface area contributed by atoms with E-state index < -0.39 is 138 Å². The van der Waals surface area contributed by atoms with Crippen LogP contribution in [0.1, 0.15) is 28.3 Å². The lowest BCUT2D eigenvalue weighted by Gasteiger charge is -2.15. The smallest absolute Gasteiger partial charge is 0.185 e. The van der Waals surface area contributed by atoms with Gasteiger partial charge in [0.2, 0.25) is 0 Å². The molecule has 4 rings (SSSR count). The number of nitrogens with two attached hydrogens (primary N) is 4. The summed E-state index contributed by atoms with van der Waals surface area (Å²) in [6.07, 6.45) is 0. The number of halogens is 12. The fourth-order valence-electron chi connectivity index (χ4n) is 4.55. The molecule has 8 N–H and O–H groups in total. The average Bonchev–Trinajstić information content (AvgIpc) is 3.73. The van der Waals surface area contributed by atoms with E-state index in [-0.39, 0.29) is 0 Å². The van der Waals surface area contributed by atoms with Crippen LogP contribution in [0.5, 0.6) is 0 Å². The number of hydrogen-bond acceptors (Lipinski definition) is 6. The molecule has 2 unspecified atom stereocenters. The Kier molecular flexibility index (Phi) is 7.70. The second kappa shape index (κ2) is 10.7. The molecule has 0 bridgehead atoms. The first-order valence-corrected chi connectivity index (χ1v) is 11.4. The van der Waals surface area contributed by atoms with Gasteiger partial charge in [-0.05, 0) is 11.1 Å². The lowest BCUT2D eigenvalue weighted by Crippen LogP contribution is -2.20. The van der Waals surface area contributed by atoms with Gasteiger partial charge in [-0.15, -0.1) is 0 Å². The Morgan fingerprint density at radius 1 is 0.568 bits per heavy atom. The predicted molar refractivity (Wildman–Crippen MR) is 126 cm³/mol. The maximum atomic E-state index is 14.9. The Bertz CT molecular complexity index is 1880. The van der Waals surface area contributed by atoms with Crippen LogP contribution in [0.2, 0.25) is 0 Å². The molecular formula is C26H10F12N6. The summed E-state index contributed by atoms with van der Waals surface area (Å²) in [4.78, 5) is 0. The molecule has 0 radical (unpaired) electrons. The molecule has 0 amide bonds. The van der Waals surface area contributed by atoms with Gasteiger partial charge in [0, 0.05) is 23.2 Å². The van der Waals surface area contributed by atoms with Crippen molar-refractivity contribution in [2.75, 3.05) is 11.5 Å². The first-order chi connectivity index (χ1) is 20.5. The number of anilines is 2. The molecule has 0 spiro atoms. The van der Waals surface area contributed by atoms with Crippen LogP contribution in [-0.2, 0) is 0 Å². The van der Waals surface area contributed by atoms with Crippen LogP contribution in [-0.4, -0.2) is 0 Å². The minimum absolute atomic E-state index is 0.836. The van der Waals surface area contributed by atoms with E-state index in [1.165, 1.54) is 0 Å². The third-order valence-corrected chi connectivity index (χ3v) is 6.72. The zero-order chi connectivity index (χ0) is 33.3. The van der Waals surface area contributed by atoms with Crippen LogP contribution in [0.3, 0.4) is 0 Å². The van der Waals surface area contributed by atoms with Crippen LogP contribution in [0, 0.1) is 98.4 Å². The first-order valence-electron chi connectivity index (χ1n) is 11.4. The van der Waals surface area contributed by atoms with Crippen molar-refractivity contribution in [2.45, 2.75) is 6.04 Å². The largest absolute Gasteiger partial charge is 0.398 e. The zero-order valence-electron chi connectivity index (χ0n) is 20.9. The van der Waals surface area contributed by atoms with Gasteiger partial charge in [0.05, 0.1) is 16.7 Å². The van der Waals surface area contributed by atoms with Crippen molar-refractivity contribution in [1.82, 2.24) is 0 Å². The van der Waals surface area contributed by atoms with E-state index in [9.17, 15) is 57.9 Å². The lowest BCUT2D eigenvalue weighted by molar-refractivity contribution is 0.419. The Balaban J connectivity index is 2.16. The van der Waals surface area contributed by atoms with Crippen LogP contribution in [0.25, 0.3) is 11.3 Å². The molecule has 0 aromatic heterocycles. The lowest BCUT2D eigenvalue weighted by atomic mass is 9.96. The molecular weight excluding hydrogens is 624 g/mol. The number of benzene rings is 3. The predicted octanol–water partition coefficient (Wildman–Crippen LogP) is 5.37. The van der Waals surface area contributed by atoms with Crippen molar-refractivity contribution >= 4 is 22.6 Å². The molecule has 228 valence electrons. The number of nitrogen functional groups attached to an aromatic ring is 2. The zero-order valence-corrected chi connectivity index (χ0v) is 20.9. The van der Waals surface area contributed by atoms with Crippen molar-refractivity contribution in [3.05, 3.63) is 103 Å². The van der Waals surface area contributed by atoms with Gasteiger partial charge < -0.3 is 22.9 Å². The second-order valence-corrected chi connectivity index (χ2v) is 8.98. The van der Waals surface area contributed by atoms with Gasteiger partial charge in [-0.1, -0.05) is 0 Å². The average molecular weight is 634 g/mol. The third-order valence-electron chi connectivity index (χ3n) is 6.72. The minimum atomic E-state index is -2.57. The molecule has 1 aliphatic carbocycles. The summed E-state index contributed by atoms with van der Waals surface area (Å²) in [6, 6.07) is -0.645. The van der Waals surface area contributed by atoms with Crippen molar-refractivity contribution in [2.24, 2.45) is 17.4 Å². The molecule has 2 atom stereocenters. The maximum absolute atomic E-state index is 14.9. The van der Waals surface area contributed by atoms with Crippen LogP contribution in [0.4, 0.5) is 64.1 Å². The first kappa shape index (κ1) is 31.6. The summed E-state index contributed by atoms with van der Waals surface area (Å²) in [6.45, 7) is 0. The molecule has 0 heterocycles. The van der Waals surface area contributed by atoms with Crippen LogP contribution in [0.15, 0.2) is 11.1 Å². The molecule has 0 aliphatic heterocycles. The highest BCUT2D eigenvalue weighted by Gasteiger charge is 2.51. The van der Waals surface area contributed by atoms with E-state index in [2.05, 4.69) is 0 Å². The SMILES string of the molecule is N#C/C(=C1/C(=C(\N)c2c(F)c(F)c(N)c(F)c2F)C1C(N)c1c(F)c(F)c(C#N)c(F)c1F)c1c(F)c(F)c(N)c(F)c1F. The fourth-order valence-corrected chi connectivity index (χ4v) is 4.55. The van der Waals surface area contributed by atoms with Gasteiger partial charge in [-0.3, -0.25) is 0 Å². The molecule has 18 heteroatoms. The van der Waals surface area contributed by atoms with Gasteiger partial charge in [0.25, 0.3) is 0 Å². The van der Waals surface area contributed by atoms with E-state index in [4.69, 9.17) is 28.2 Å². The highest BCUT2D eigenvalue weighted by atomic mass is 19.2. The van der Waals surface area contributed by atoms with Crippen molar-refractivity contribution < 1.29 is 52.7 Å². The number of nitriles is 2. The Morgan fingerprint density at radius 3 is 1.32 bits per heavy atom. The summed E-state index contributed by atoms with van der Waals surface area (Å²) in [5.41, 5.74) is 5.62. The second-order valence-electron chi connectivity index (χ2n) is 8.98. The van der Waals surface area contributed by atoms with E-state index in [1.54, 1.807) is 0 Å². The quantitative estimate of drug-likeness (QED) is 0.131. The molecule has 3 aromatic carbocycles. The fraction of sp³-hybridized carbons (Fsp3) is 0.0769. The molecule has 6 nitrogen and oxygen atoms in total. The summed E-state index contributed by atoms with van der Waals surface area (Å²) in [5, 5.41) is 18.5. The maximum Gasteiger partial charge on any atom is 0.185 e. The summed E-state index contributed by atoms with van der Waals surface area (Å²) < 4.78 is 175. The normalized spacial score (nSPS) is 17.2. The Labute approximate surface area is 236 Å². The van der Waals surface area contributed by atoms with Gasteiger partial charge in [-0.25, -0.2) is 52.7 Å². The van der Waals surface area contributed by atoms with Gasteiger partial charge in [0.15, 0.2) is 69.8 Å². The molecule has 1 aliphatic rings. The Hall–Kier alpha value is -5.36. The van der Waals surface area contributed by atoms with Crippen molar-refractivity contribution in [3.8, 4) is 12.1 Å². The van der Waals surface area contributed by atoms with Gasteiger partial charge >= 0.3 is 0 Å². The van der Waals surface area contributed by atoms with Gasteiger partial charge in [-0.2, -0.15) is 10.5 Å². The number of rotatable bonds is 4. The van der Waals surface area contributed by atoms with Crippen LogP contribution < -0.4 is 22.9 Å². The third kappa shape index (κ3) is 4.25. The highest BCUT2D eigenvalue weighted by molar-refractivity contribution is 5.94. The monoisotopic (exact) mass is 634 g/mol. The topological polar surface area (TPSA) is 152 Å². The van der Waals surface area contributed by atoms with Crippen LogP contribution >= 0.6 is 0 Å². The molecule has 3 aromatic rings. The van der Waals surface area contributed by atoms with E-state index >= 15 is 0 Å².